The third kappa shape index (κ3) is 4.54. The van der Waals surface area contributed by atoms with Gasteiger partial charge in [-0.3, -0.25) is 9.69 Å². The molecule has 7 heteroatoms. The second kappa shape index (κ2) is 8.67. The summed E-state index contributed by atoms with van der Waals surface area (Å²) in [5.74, 6) is -0.799. The second-order valence-corrected chi connectivity index (χ2v) is 8.08. The number of rotatable bonds is 3. The molecule has 4 rings (SSSR count). The zero-order valence-corrected chi connectivity index (χ0v) is 16.9. The van der Waals surface area contributed by atoms with Crippen LogP contribution in [0.3, 0.4) is 0 Å². The number of amides is 1. The molecule has 2 aromatic carbocycles. The standard InChI is InChI=1S/C22H24ClF2N3O/c23-21-14-17(25)5-8-20(21)22(29)28-9-1-2-19(15-28)27-12-10-26(11-13-27)18-6-3-16(24)4-7-18/h3-8,14,19H,1-2,9-13,15H2. The number of piperidine rings is 1. The monoisotopic (exact) mass is 419 g/mol. The van der Waals surface area contributed by atoms with Crippen LogP contribution in [-0.4, -0.2) is 61.0 Å². The Hall–Kier alpha value is -2.18. The van der Waals surface area contributed by atoms with Crippen LogP contribution in [0.1, 0.15) is 23.2 Å². The zero-order chi connectivity index (χ0) is 20.4. The van der Waals surface area contributed by atoms with E-state index in [-0.39, 0.29) is 16.7 Å². The summed E-state index contributed by atoms with van der Waals surface area (Å²) in [6, 6.07) is 10.9. The highest BCUT2D eigenvalue weighted by Crippen LogP contribution is 2.24. The van der Waals surface area contributed by atoms with Crippen LogP contribution in [0.4, 0.5) is 14.5 Å². The van der Waals surface area contributed by atoms with E-state index >= 15 is 0 Å². The van der Waals surface area contributed by atoms with E-state index in [2.05, 4.69) is 9.80 Å². The van der Waals surface area contributed by atoms with Crippen molar-refractivity contribution in [3.63, 3.8) is 0 Å². The predicted molar refractivity (Wildman–Crippen MR) is 111 cm³/mol. The number of hydrogen-bond acceptors (Lipinski definition) is 3. The fraction of sp³-hybridized carbons (Fsp3) is 0.409. The molecule has 0 saturated carbocycles. The van der Waals surface area contributed by atoms with Crippen LogP contribution in [0.5, 0.6) is 0 Å². The highest BCUT2D eigenvalue weighted by Gasteiger charge is 2.31. The Balaban J connectivity index is 1.36. The van der Waals surface area contributed by atoms with Gasteiger partial charge in [0.1, 0.15) is 11.6 Å². The number of likely N-dealkylation sites (tertiary alicyclic amines) is 1. The lowest BCUT2D eigenvalue weighted by molar-refractivity contribution is 0.0563. The van der Waals surface area contributed by atoms with Crippen molar-refractivity contribution < 1.29 is 13.6 Å². The lowest BCUT2D eigenvalue weighted by Gasteiger charge is -2.44. The number of benzene rings is 2. The minimum Gasteiger partial charge on any atom is -0.369 e. The summed E-state index contributed by atoms with van der Waals surface area (Å²) < 4.78 is 26.4. The van der Waals surface area contributed by atoms with Gasteiger partial charge in [-0.1, -0.05) is 11.6 Å². The molecule has 0 bridgehead atoms. The average molecular weight is 420 g/mol. The maximum absolute atomic E-state index is 13.3. The summed E-state index contributed by atoms with van der Waals surface area (Å²) >= 11 is 6.09. The molecule has 0 radical (unpaired) electrons. The number of halogens is 3. The molecule has 0 spiro atoms. The zero-order valence-electron chi connectivity index (χ0n) is 16.2. The van der Waals surface area contributed by atoms with Crippen molar-refractivity contribution in [3.8, 4) is 0 Å². The number of nitrogens with zero attached hydrogens (tertiary/aromatic N) is 3. The molecule has 4 nitrogen and oxygen atoms in total. The number of piperazine rings is 1. The Kier molecular flexibility index (Phi) is 6.01. The van der Waals surface area contributed by atoms with Crippen LogP contribution < -0.4 is 4.90 Å². The average Bonchev–Trinajstić information content (AvgIpc) is 2.74. The molecule has 0 N–H and O–H groups in total. The number of anilines is 1. The van der Waals surface area contributed by atoms with Crippen molar-refractivity contribution in [2.45, 2.75) is 18.9 Å². The molecule has 2 saturated heterocycles. The number of hydrogen-bond donors (Lipinski definition) is 0. The lowest BCUT2D eigenvalue weighted by Crippen LogP contribution is -2.55. The highest BCUT2D eigenvalue weighted by atomic mass is 35.5. The van der Waals surface area contributed by atoms with Crippen molar-refractivity contribution in [3.05, 3.63) is 64.7 Å². The van der Waals surface area contributed by atoms with E-state index in [1.54, 1.807) is 0 Å². The molecular formula is C22H24ClF2N3O. The Morgan fingerprint density at radius 1 is 0.931 bits per heavy atom. The van der Waals surface area contributed by atoms with Crippen molar-refractivity contribution >= 4 is 23.2 Å². The Morgan fingerprint density at radius 2 is 1.62 bits per heavy atom. The van der Waals surface area contributed by atoms with Gasteiger partial charge in [0.15, 0.2) is 0 Å². The molecule has 2 fully saturated rings. The number of carbonyl (C=O) groups excluding carboxylic acids is 1. The fourth-order valence-electron chi connectivity index (χ4n) is 4.27. The molecule has 1 amide bonds. The summed E-state index contributed by atoms with van der Waals surface area (Å²) in [6.45, 7) is 4.91. The minimum absolute atomic E-state index is 0.135. The second-order valence-electron chi connectivity index (χ2n) is 7.67. The molecular weight excluding hydrogens is 396 g/mol. The van der Waals surface area contributed by atoms with Crippen LogP contribution in [-0.2, 0) is 0 Å². The molecule has 29 heavy (non-hydrogen) atoms. The van der Waals surface area contributed by atoms with Gasteiger partial charge in [-0.2, -0.15) is 0 Å². The van der Waals surface area contributed by atoms with Crippen LogP contribution in [0.2, 0.25) is 5.02 Å². The molecule has 154 valence electrons. The molecule has 0 aromatic heterocycles. The van der Waals surface area contributed by atoms with Gasteiger partial charge in [-0.15, -0.1) is 0 Å². The van der Waals surface area contributed by atoms with Gasteiger partial charge >= 0.3 is 0 Å². The van der Waals surface area contributed by atoms with Gasteiger partial charge in [0, 0.05) is 51.0 Å². The summed E-state index contributed by atoms with van der Waals surface area (Å²) in [5, 5.41) is 0.157. The van der Waals surface area contributed by atoms with E-state index in [1.165, 1.54) is 30.3 Å². The van der Waals surface area contributed by atoms with E-state index < -0.39 is 5.82 Å². The normalized spacial score (nSPS) is 20.7. The van der Waals surface area contributed by atoms with Gasteiger partial charge in [-0.25, -0.2) is 8.78 Å². The molecule has 1 atom stereocenters. The minimum atomic E-state index is -0.443. The van der Waals surface area contributed by atoms with Crippen molar-refractivity contribution in [2.24, 2.45) is 0 Å². The predicted octanol–water partition coefficient (Wildman–Crippen LogP) is 4.05. The maximum Gasteiger partial charge on any atom is 0.255 e. The highest BCUT2D eigenvalue weighted by molar-refractivity contribution is 6.33. The van der Waals surface area contributed by atoms with Gasteiger partial charge in [0.25, 0.3) is 5.91 Å². The van der Waals surface area contributed by atoms with Gasteiger partial charge < -0.3 is 9.80 Å². The van der Waals surface area contributed by atoms with Crippen molar-refractivity contribution in [1.29, 1.82) is 0 Å². The van der Waals surface area contributed by atoms with E-state index in [0.29, 0.717) is 24.7 Å². The molecule has 2 aliphatic rings. The van der Waals surface area contributed by atoms with Gasteiger partial charge in [-0.05, 0) is 55.3 Å². The number of carbonyl (C=O) groups is 1. The van der Waals surface area contributed by atoms with E-state index in [4.69, 9.17) is 11.6 Å². The molecule has 0 aliphatic carbocycles. The third-order valence-electron chi connectivity index (χ3n) is 5.87. The molecule has 2 heterocycles. The van der Waals surface area contributed by atoms with E-state index in [1.807, 2.05) is 17.0 Å². The van der Waals surface area contributed by atoms with Crippen LogP contribution in [0, 0.1) is 11.6 Å². The van der Waals surface area contributed by atoms with E-state index in [0.717, 1.165) is 44.7 Å². The first-order valence-electron chi connectivity index (χ1n) is 10.00. The summed E-state index contributed by atoms with van der Waals surface area (Å²) in [4.78, 5) is 19.4. The fourth-order valence-corrected chi connectivity index (χ4v) is 4.52. The third-order valence-corrected chi connectivity index (χ3v) is 6.18. The first-order valence-corrected chi connectivity index (χ1v) is 10.4. The summed E-state index contributed by atoms with van der Waals surface area (Å²) in [5.41, 5.74) is 1.40. The first-order chi connectivity index (χ1) is 14.0. The quantitative estimate of drug-likeness (QED) is 0.751. The molecule has 1 unspecified atom stereocenters. The summed E-state index contributed by atoms with van der Waals surface area (Å²) in [6.07, 6.45) is 1.99. The van der Waals surface area contributed by atoms with Crippen molar-refractivity contribution in [1.82, 2.24) is 9.80 Å². The van der Waals surface area contributed by atoms with Gasteiger partial charge in [0.05, 0.1) is 10.6 Å². The summed E-state index contributed by atoms with van der Waals surface area (Å²) in [7, 11) is 0. The van der Waals surface area contributed by atoms with Crippen LogP contribution >= 0.6 is 11.6 Å². The maximum atomic E-state index is 13.3. The Labute approximate surface area is 174 Å². The Morgan fingerprint density at radius 3 is 2.31 bits per heavy atom. The molecule has 2 aliphatic heterocycles. The van der Waals surface area contributed by atoms with Crippen LogP contribution in [0.15, 0.2) is 42.5 Å². The topological polar surface area (TPSA) is 26.8 Å². The molecule has 2 aromatic rings. The smallest absolute Gasteiger partial charge is 0.255 e. The lowest BCUT2D eigenvalue weighted by atomic mass is 10.0. The van der Waals surface area contributed by atoms with E-state index in [9.17, 15) is 13.6 Å². The SMILES string of the molecule is O=C(c1ccc(F)cc1Cl)N1CCCC(N2CCN(c3ccc(F)cc3)CC2)C1. The largest absolute Gasteiger partial charge is 0.369 e. The van der Waals surface area contributed by atoms with Gasteiger partial charge in [0.2, 0.25) is 0 Å². The van der Waals surface area contributed by atoms with Crippen molar-refractivity contribution in [2.75, 3.05) is 44.2 Å². The Bertz CT molecular complexity index is 869. The first kappa shape index (κ1) is 20.1. The van der Waals surface area contributed by atoms with Crippen LogP contribution in [0.25, 0.3) is 0 Å².